The highest BCUT2D eigenvalue weighted by Crippen LogP contribution is 2.16. The first-order chi connectivity index (χ1) is 9.65. The van der Waals surface area contributed by atoms with Gasteiger partial charge in [-0.3, -0.25) is 4.79 Å². The maximum atomic E-state index is 12.3. The lowest BCUT2D eigenvalue weighted by Crippen LogP contribution is -2.27. The average molecular weight is 336 g/mol. The zero-order valence-corrected chi connectivity index (χ0v) is 12.7. The Morgan fingerprint density at radius 3 is 3.15 bits per heavy atom. The fraction of sp³-hybridized carbons (Fsp3) is 0.385. The first kappa shape index (κ1) is 13.2. The molecule has 6 nitrogen and oxygen atoms in total. The number of amides is 1. The van der Waals surface area contributed by atoms with Gasteiger partial charge in [-0.25, -0.2) is 4.98 Å². The van der Waals surface area contributed by atoms with Crippen LogP contribution in [0.4, 0.5) is 0 Å². The Morgan fingerprint density at radius 1 is 1.50 bits per heavy atom. The lowest BCUT2D eigenvalue weighted by molar-refractivity contribution is 0.0780. The van der Waals surface area contributed by atoms with Crippen molar-refractivity contribution < 1.29 is 4.79 Å². The van der Waals surface area contributed by atoms with Gasteiger partial charge in [-0.1, -0.05) is 0 Å². The number of carbonyl (C=O) groups excluding carboxylic acids is 1. The second-order valence-electron chi connectivity index (χ2n) is 4.82. The number of fused-ring (bicyclic) bond motifs is 1. The third-order valence-electron chi connectivity index (χ3n) is 3.38. The first-order valence-corrected chi connectivity index (χ1v) is 7.22. The summed E-state index contributed by atoms with van der Waals surface area (Å²) in [6, 6.07) is 3.42. The summed E-state index contributed by atoms with van der Waals surface area (Å²) >= 11 is 3.27. The van der Waals surface area contributed by atoms with Crippen molar-refractivity contribution in [1.29, 1.82) is 0 Å². The molecule has 0 fully saturated rings. The van der Waals surface area contributed by atoms with Crippen LogP contribution in [0.2, 0.25) is 0 Å². The lowest BCUT2D eigenvalue weighted by atomic mass is 10.2. The molecule has 0 aromatic carbocycles. The SMILES string of the molecule is CN(Cc1nnc2n1CCC2)C(=O)c1ccnc(Br)c1. The van der Waals surface area contributed by atoms with E-state index in [2.05, 4.69) is 35.7 Å². The van der Waals surface area contributed by atoms with Crippen LogP contribution in [0.15, 0.2) is 22.9 Å². The van der Waals surface area contributed by atoms with Gasteiger partial charge in [-0.05, 0) is 34.5 Å². The summed E-state index contributed by atoms with van der Waals surface area (Å²) in [5.74, 6) is 1.82. The minimum atomic E-state index is -0.0524. The summed E-state index contributed by atoms with van der Waals surface area (Å²) in [4.78, 5) is 18.0. The van der Waals surface area contributed by atoms with E-state index in [1.807, 2.05) is 0 Å². The molecule has 2 aromatic rings. The smallest absolute Gasteiger partial charge is 0.254 e. The van der Waals surface area contributed by atoms with Gasteiger partial charge in [0.2, 0.25) is 0 Å². The standard InChI is InChI=1S/C13H14BrN5O/c1-18(13(20)9-4-5-15-10(14)7-9)8-12-17-16-11-3-2-6-19(11)12/h4-5,7H,2-3,6,8H2,1H3. The van der Waals surface area contributed by atoms with Crippen LogP contribution in [0.25, 0.3) is 0 Å². The Morgan fingerprint density at radius 2 is 2.35 bits per heavy atom. The van der Waals surface area contributed by atoms with Gasteiger partial charge >= 0.3 is 0 Å². The molecular formula is C13H14BrN5O. The van der Waals surface area contributed by atoms with E-state index in [-0.39, 0.29) is 5.91 Å². The van der Waals surface area contributed by atoms with E-state index in [0.717, 1.165) is 31.0 Å². The van der Waals surface area contributed by atoms with Crippen molar-refractivity contribution in [3.8, 4) is 0 Å². The summed E-state index contributed by atoms with van der Waals surface area (Å²) < 4.78 is 2.76. The van der Waals surface area contributed by atoms with Crippen molar-refractivity contribution in [2.24, 2.45) is 0 Å². The van der Waals surface area contributed by atoms with Gasteiger partial charge in [0.1, 0.15) is 10.4 Å². The van der Waals surface area contributed by atoms with Gasteiger partial charge in [0.05, 0.1) is 6.54 Å². The first-order valence-electron chi connectivity index (χ1n) is 6.43. The molecule has 2 aromatic heterocycles. The highest BCUT2D eigenvalue weighted by atomic mass is 79.9. The molecule has 1 aliphatic heterocycles. The molecule has 104 valence electrons. The second-order valence-corrected chi connectivity index (χ2v) is 5.63. The topological polar surface area (TPSA) is 63.9 Å². The summed E-state index contributed by atoms with van der Waals surface area (Å²) in [6.45, 7) is 1.41. The Kier molecular flexibility index (Phi) is 3.52. The van der Waals surface area contributed by atoms with Crippen LogP contribution in [0, 0.1) is 0 Å². The molecule has 0 spiro atoms. The Hall–Kier alpha value is -1.76. The summed E-state index contributed by atoms with van der Waals surface area (Å²) in [7, 11) is 1.77. The summed E-state index contributed by atoms with van der Waals surface area (Å²) in [5, 5.41) is 8.32. The monoisotopic (exact) mass is 335 g/mol. The molecule has 3 rings (SSSR count). The van der Waals surface area contributed by atoms with Gasteiger partial charge in [-0.2, -0.15) is 0 Å². The Balaban J connectivity index is 1.76. The van der Waals surface area contributed by atoms with E-state index >= 15 is 0 Å². The molecule has 0 aliphatic carbocycles. The predicted molar refractivity (Wildman–Crippen MR) is 76.1 cm³/mol. The normalized spacial score (nSPS) is 13.3. The van der Waals surface area contributed by atoms with E-state index in [4.69, 9.17) is 0 Å². The quantitative estimate of drug-likeness (QED) is 0.800. The highest BCUT2D eigenvalue weighted by molar-refractivity contribution is 9.10. The Labute approximate surface area is 125 Å². The van der Waals surface area contributed by atoms with Crippen molar-refractivity contribution in [2.45, 2.75) is 25.9 Å². The number of rotatable bonds is 3. The molecule has 1 aliphatic rings. The van der Waals surface area contributed by atoms with Gasteiger partial charge in [0, 0.05) is 31.8 Å². The van der Waals surface area contributed by atoms with Crippen LogP contribution in [0.5, 0.6) is 0 Å². The van der Waals surface area contributed by atoms with Crippen LogP contribution >= 0.6 is 15.9 Å². The number of hydrogen-bond acceptors (Lipinski definition) is 4. The van der Waals surface area contributed by atoms with Gasteiger partial charge in [-0.15, -0.1) is 10.2 Å². The van der Waals surface area contributed by atoms with E-state index in [9.17, 15) is 4.79 Å². The number of nitrogens with zero attached hydrogens (tertiary/aromatic N) is 5. The minimum Gasteiger partial charge on any atom is -0.334 e. The van der Waals surface area contributed by atoms with Gasteiger partial charge < -0.3 is 9.47 Å². The fourth-order valence-electron chi connectivity index (χ4n) is 2.37. The van der Waals surface area contributed by atoms with Gasteiger partial charge in [0.15, 0.2) is 5.82 Å². The fourth-order valence-corrected chi connectivity index (χ4v) is 2.73. The predicted octanol–water partition coefficient (Wildman–Crippen LogP) is 1.65. The van der Waals surface area contributed by atoms with Crippen molar-refractivity contribution in [3.05, 3.63) is 40.1 Å². The zero-order chi connectivity index (χ0) is 14.1. The third kappa shape index (κ3) is 2.45. The molecule has 1 amide bonds. The third-order valence-corrected chi connectivity index (χ3v) is 3.82. The molecule has 0 bridgehead atoms. The lowest BCUT2D eigenvalue weighted by Gasteiger charge is -2.16. The van der Waals surface area contributed by atoms with Crippen LogP contribution in [-0.4, -0.2) is 37.6 Å². The maximum Gasteiger partial charge on any atom is 0.254 e. The Bertz CT molecular complexity index is 654. The molecule has 20 heavy (non-hydrogen) atoms. The van der Waals surface area contributed by atoms with Crippen molar-refractivity contribution >= 4 is 21.8 Å². The summed E-state index contributed by atoms with van der Waals surface area (Å²) in [5.41, 5.74) is 0.607. The van der Waals surface area contributed by atoms with Crippen LogP contribution in [0.1, 0.15) is 28.4 Å². The minimum absolute atomic E-state index is 0.0524. The summed E-state index contributed by atoms with van der Waals surface area (Å²) in [6.07, 6.45) is 3.69. The van der Waals surface area contributed by atoms with Crippen LogP contribution in [-0.2, 0) is 19.5 Å². The number of hydrogen-bond donors (Lipinski definition) is 0. The van der Waals surface area contributed by atoms with E-state index in [1.165, 1.54) is 0 Å². The maximum absolute atomic E-state index is 12.3. The van der Waals surface area contributed by atoms with Crippen LogP contribution in [0.3, 0.4) is 0 Å². The highest BCUT2D eigenvalue weighted by Gasteiger charge is 2.20. The van der Waals surface area contributed by atoms with Crippen LogP contribution < -0.4 is 0 Å². The van der Waals surface area contributed by atoms with Gasteiger partial charge in [0.25, 0.3) is 5.91 Å². The second kappa shape index (κ2) is 5.32. The molecule has 0 unspecified atom stereocenters. The average Bonchev–Trinajstić information content (AvgIpc) is 3.03. The largest absolute Gasteiger partial charge is 0.334 e. The van der Waals surface area contributed by atoms with Crippen molar-refractivity contribution in [2.75, 3.05) is 7.05 Å². The molecular weight excluding hydrogens is 322 g/mol. The molecule has 3 heterocycles. The van der Waals surface area contributed by atoms with Crippen molar-refractivity contribution in [3.63, 3.8) is 0 Å². The molecule has 0 saturated heterocycles. The van der Waals surface area contributed by atoms with E-state index < -0.39 is 0 Å². The molecule has 0 N–H and O–H groups in total. The van der Waals surface area contributed by atoms with Crippen molar-refractivity contribution in [1.82, 2.24) is 24.6 Å². The molecule has 0 atom stereocenters. The zero-order valence-electron chi connectivity index (χ0n) is 11.1. The number of pyridine rings is 1. The molecule has 0 radical (unpaired) electrons. The number of aryl methyl sites for hydroxylation is 1. The number of halogens is 1. The number of aromatic nitrogens is 4. The molecule has 7 heteroatoms. The van der Waals surface area contributed by atoms with E-state index in [1.54, 1.807) is 30.3 Å². The van der Waals surface area contributed by atoms with E-state index in [0.29, 0.717) is 16.7 Å². The molecule has 0 saturated carbocycles. The number of carbonyl (C=O) groups is 1.